The van der Waals surface area contributed by atoms with Crippen LogP contribution >= 0.6 is 0 Å². The van der Waals surface area contributed by atoms with Gasteiger partial charge in [0.15, 0.2) is 0 Å². The summed E-state index contributed by atoms with van der Waals surface area (Å²) in [5, 5.41) is 13.4. The third kappa shape index (κ3) is 3.14. The van der Waals surface area contributed by atoms with Crippen molar-refractivity contribution < 1.29 is 4.79 Å². The van der Waals surface area contributed by atoms with E-state index in [2.05, 4.69) is 25.8 Å². The minimum Gasteiger partial charge on any atom is -0.293 e. The first-order chi connectivity index (χ1) is 12.0. The Morgan fingerprint density at radius 3 is 2.56 bits per heavy atom. The highest BCUT2D eigenvalue weighted by molar-refractivity contribution is 5.94. The van der Waals surface area contributed by atoms with Gasteiger partial charge >= 0.3 is 0 Å². The second kappa shape index (κ2) is 6.60. The number of rotatable bonds is 4. The molecule has 2 heterocycles. The van der Waals surface area contributed by atoms with Crippen molar-refractivity contribution in [2.45, 2.75) is 20.8 Å². The zero-order valence-electron chi connectivity index (χ0n) is 14.1. The smallest absolute Gasteiger partial charge is 0.289 e. The van der Waals surface area contributed by atoms with Crippen LogP contribution in [0.3, 0.4) is 0 Å². The number of amides is 1. The molecule has 0 aliphatic rings. The van der Waals surface area contributed by atoms with E-state index in [-0.39, 0.29) is 11.3 Å². The van der Waals surface area contributed by atoms with Crippen molar-refractivity contribution in [1.29, 1.82) is 0 Å². The highest BCUT2D eigenvalue weighted by Gasteiger charge is 2.14. The van der Waals surface area contributed by atoms with Gasteiger partial charge in [0.2, 0.25) is 0 Å². The summed E-state index contributed by atoms with van der Waals surface area (Å²) in [6.45, 7) is 5.37. The number of carbonyl (C=O) groups excluding carboxylic acids is 1. The summed E-state index contributed by atoms with van der Waals surface area (Å²) >= 11 is 0. The lowest BCUT2D eigenvalue weighted by atomic mass is 10.2. The average Bonchev–Trinajstić information content (AvgIpc) is 3.09. The summed E-state index contributed by atoms with van der Waals surface area (Å²) in [4.78, 5) is 23.4. The third-order valence-corrected chi connectivity index (χ3v) is 3.95. The summed E-state index contributed by atoms with van der Waals surface area (Å²) in [5.41, 5.74) is 6.04. The van der Waals surface area contributed by atoms with Gasteiger partial charge in [-0.2, -0.15) is 10.2 Å². The van der Waals surface area contributed by atoms with Crippen molar-refractivity contribution in [3.8, 4) is 5.69 Å². The fourth-order valence-electron chi connectivity index (χ4n) is 2.52. The lowest BCUT2D eigenvalue weighted by molar-refractivity contribution is 0.0949. The number of aromatic amines is 2. The van der Waals surface area contributed by atoms with Crippen LogP contribution in [-0.4, -0.2) is 32.1 Å². The molecule has 0 radical (unpaired) electrons. The molecule has 3 aromatic rings. The number of benzene rings is 1. The third-order valence-electron chi connectivity index (χ3n) is 3.95. The van der Waals surface area contributed by atoms with Gasteiger partial charge in [0.05, 0.1) is 23.3 Å². The minimum absolute atomic E-state index is 0.163. The maximum absolute atomic E-state index is 12.0. The van der Waals surface area contributed by atoms with E-state index in [9.17, 15) is 9.59 Å². The number of hydrazone groups is 1. The zero-order valence-corrected chi connectivity index (χ0v) is 14.1. The van der Waals surface area contributed by atoms with Gasteiger partial charge in [-0.1, -0.05) is 18.2 Å². The molecule has 3 N–H and O–H groups in total. The van der Waals surface area contributed by atoms with E-state index in [1.165, 1.54) is 0 Å². The number of carbonyl (C=O) groups is 1. The maximum Gasteiger partial charge on any atom is 0.289 e. The Morgan fingerprint density at radius 1 is 1.20 bits per heavy atom. The molecule has 0 spiro atoms. The fourth-order valence-corrected chi connectivity index (χ4v) is 2.52. The van der Waals surface area contributed by atoms with Gasteiger partial charge in [0, 0.05) is 11.1 Å². The second-order valence-electron chi connectivity index (χ2n) is 5.61. The first kappa shape index (κ1) is 16.4. The van der Waals surface area contributed by atoms with Gasteiger partial charge in [0.1, 0.15) is 5.69 Å². The second-order valence-corrected chi connectivity index (χ2v) is 5.61. The lowest BCUT2D eigenvalue weighted by Crippen LogP contribution is -2.19. The van der Waals surface area contributed by atoms with Crippen LogP contribution in [-0.2, 0) is 0 Å². The van der Waals surface area contributed by atoms with Crippen LogP contribution in [0, 0.1) is 20.8 Å². The molecule has 25 heavy (non-hydrogen) atoms. The van der Waals surface area contributed by atoms with E-state index in [1.54, 1.807) is 13.1 Å². The first-order valence-corrected chi connectivity index (χ1v) is 7.71. The lowest BCUT2D eigenvalue weighted by Gasteiger charge is -2.03. The standard InChI is InChI=1S/C17H18N6O2/c1-10-15(19-21-16(10)24)17(25)20-18-9-14-11(2)22-23(12(14)3)13-7-5-4-6-8-13/h4-9H,1-3H3,(H,20,25)(H2,19,21,24)/b18-9-. The quantitative estimate of drug-likeness (QED) is 0.496. The van der Waals surface area contributed by atoms with Gasteiger partial charge in [-0.25, -0.2) is 10.1 Å². The Morgan fingerprint density at radius 2 is 1.92 bits per heavy atom. The van der Waals surface area contributed by atoms with Crippen molar-refractivity contribution in [3.63, 3.8) is 0 Å². The SMILES string of the molecule is Cc1nn(-c2ccccc2)c(C)c1/C=N\NC(=O)c1[nH][nH]c(=O)c1C. The fraction of sp³-hybridized carbons (Fsp3) is 0.176. The summed E-state index contributed by atoms with van der Waals surface area (Å²) in [5.74, 6) is -0.488. The van der Waals surface area contributed by atoms with E-state index in [0.29, 0.717) is 5.56 Å². The zero-order chi connectivity index (χ0) is 18.0. The van der Waals surface area contributed by atoms with E-state index in [4.69, 9.17) is 0 Å². The molecule has 0 unspecified atom stereocenters. The number of nitrogens with zero attached hydrogens (tertiary/aromatic N) is 3. The normalized spacial score (nSPS) is 11.2. The van der Waals surface area contributed by atoms with E-state index >= 15 is 0 Å². The average molecular weight is 338 g/mol. The Balaban J connectivity index is 1.80. The van der Waals surface area contributed by atoms with Gasteiger partial charge in [-0.15, -0.1) is 0 Å². The molecular weight excluding hydrogens is 320 g/mol. The molecule has 0 saturated heterocycles. The number of H-pyrrole nitrogens is 2. The van der Waals surface area contributed by atoms with Crippen molar-refractivity contribution in [2.24, 2.45) is 5.10 Å². The van der Waals surface area contributed by atoms with Crippen LogP contribution in [0.1, 0.15) is 33.0 Å². The molecule has 0 aliphatic carbocycles. The van der Waals surface area contributed by atoms with Crippen molar-refractivity contribution >= 4 is 12.1 Å². The molecule has 8 heteroatoms. The molecule has 1 amide bonds. The molecule has 0 bridgehead atoms. The van der Waals surface area contributed by atoms with Crippen molar-refractivity contribution in [2.75, 3.05) is 0 Å². The number of para-hydroxylation sites is 1. The van der Waals surface area contributed by atoms with Gasteiger partial charge in [0.25, 0.3) is 11.5 Å². The van der Waals surface area contributed by atoms with E-state index < -0.39 is 5.91 Å². The molecule has 0 saturated carbocycles. The number of hydrogen-bond acceptors (Lipinski definition) is 4. The molecule has 0 fully saturated rings. The van der Waals surface area contributed by atoms with E-state index in [1.807, 2.05) is 48.9 Å². The van der Waals surface area contributed by atoms with Crippen LogP contribution in [0.5, 0.6) is 0 Å². The molecule has 0 aliphatic heterocycles. The largest absolute Gasteiger partial charge is 0.293 e. The predicted octanol–water partition coefficient (Wildman–Crippen LogP) is 1.58. The van der Waals surface area contributed by atoms with Crippen LogP contribution in [0.2, 0.25) is 0 Å². The van der Waals surface area contributed by atoms with Crippen molar-refractivity contribution in [1.82, 2.24) is 25.4 Å². The predicted molar refractivity (Wildman–Crippen MR) is 94.2 cm³/mol. The summed E-state index contributed by atoms with van der Waals surface area (Å²) in [6, 6.07) is 9.76. The molecule has 8 nitrogen and oxygen atoms in total. The number of aryl methyl sites for hydroxylation is 1. The summed E-state index contributed by atoms with van der Waals surface area (Å²) in [6.07, 6.45) is 1.55. The number of nitrogens with one attached hydrogen (secondary N) is 3. The molecule has 128 valence electrons. The monoisotopic (exact) mass is 338 g/mol. The first-order valence-electron chi connectivity index (χ1n) is 7.71. The Kier molecular flexibility index (Phi) is 4.34. The summed E-state index contributed by atoms with van der Waals surface area (Å²) in [7, 11) is 0. The number of hydrogen-bond donors (Lipinski definition) is 3. The van der Waals surface area contributed by atoms with Crippen LogP contribution in [0.4, 0.5) is 0 Å². The number of aromatic nitrogens is 4. The Labute approximate surface area is 143 Å². The minimum atomic E-state index is -0.488. The van der Waals surface area contributed by atoms with Gasteiger partial charge in [-0.3, -0.25) is 19.8 Å². The maximum atomic E-state index is 12.0. The van der Waals surface area contributed by atoms with Crippen LogP contribution in [0.25, 0.3) is 5.69 Å². The van der Waals surface area contributed by atoms with E-state index in [0.717, 1.165) is 22.6 Å². The highest BCUT2D eigenvalue weighted by Crippen LogP contribution is 2.16. The molecule has 1 aromatic carbocycles. The molecule has 3 rings (SSSR count). The topological polar surface area (TPSA) is 108 Å². The Hall–Kier alpha value is -3.42. The van der Waals surface area contributed by atoms with Crippen molar-refractivity contribution in [3.05, 3.63) is 68.9 Å². The van der Waals surface area contributed by atoms with Crippen LogP contribution < -0.4 is 11.0 Å². The highest BCUT2D eigenvalue weighted by atomic mass is 16.2. The van der Waals surface area contributed by atoms with Gasteiger partial charge in [-0.05, 0) is 32.9 Å². The van der Waals surface area contributed by atoms with Crippen LogP contribution in [0.15, 0.2) is 40.2 Å². The molecular formula is C17H18N6O2. The Bertz CT molecular complexity index is 994. The van der Waals surface area contributed by atoms with Gasteiger partial charge < -0.3 is 0 Å². The summed E-state index contributed by atoms with van der Waals surface area (Å²) < 4.78 is 1.83. The molecule has 0 atom stereocenters. The molecule has 2 aromatic heterocycles.